The maximum absolute atomic E-state index is 12.1. The van der Waals surface area contributed by atoms with Gasteiger partial charge in [0, 0.05) is 0 Å². The molecular weight excluding hydrogens is 220 g/mol. The molecule has 0 amide bonds. The number of hydrogen-bond donors (Lipinski definition) is 0. The topological polar surface area (TPSA) is 52.6 Å². The maximum Gasteiger partial charge on any atom is 0.314 e. The van der Waals surface area contributed by atoms with Crippen LogP contribution in [0.4, 0.5) is 0 Å². The predicted molar refractivity (Wildman–Crippen MR) is 63.2 cm³/mol. The van der Waals surface area contributed by atoms with Crippen LogP contribution in [-0.2, 0) is 19.1 Å². The number of ether oxygens (including phenoxy) is 2. The molecule has 0 saturated carbocycles. The molecule has 98 valence electrons. The largest absolute Gasteiger partial charge is 0.466 e. The molecule has 4 nitrogen and oxygen atoms in total. The van der Waals surface area contributed by atoms with Gasteiger partial charge in [-0.2, -0.15) is 0 Å². The zero-order valence-corrected chi connectivity index (χ0v) is 11.5. The zero-order chi connectivity index (χ0) is 13.4. The van der Waals surface area contributed by atoms with Crippen molar-refractivity contribution in [1.82, 2.24) is 0 Å². The molecule has 1 heterocycles. The van der Waals surface area contributed by atoms with Gasteiger partial charge in [-0.05, 0) is 33.6 Å². The van der Waals surface area contributed by atoms with E-state index in [2.05, 4.69) is 0 Å². The minimum atomic E-state index is -0.828. The number of cyclic esters (lactones) is 1. The first-order valence-electron chi connectivity index (χ1n) is 6.08. The summed E-state index contributed by atoms with van der Waals surface area (Å²) in [6, 6.07) is 0. The Bertz CT molecular complexity index is 332. The van der Waals surface area contributed by atoms with Crippen LogP contribution in [0.5, 0.6) is 0 Å². The molecule has 2 atom stereocenters. The molecule has 1 aliphatic heterocycles. The van der Waals surface area contributed by atoms with Crippen LogP contribution in [0.25, 0.3) is 0 Å². The molecule has 1 aliphatic rings. The Kier molecular flexibility index (Phi) is 3.55. The highest BCUT2D eigenvalue weighted by Crippen LogP contribution is 2.49. The van der Waals surface area contributed by atoms with Crippen molar-refractivity contribution in [1.29, 1.82) is 0 Å². The predicted octanol–water partition coefficient (Wildman–Crippen LogP) is 2.16. The molecule has 1 rings (SSSR count). The van der Waals surface area contributed by atoms with E-state index in [1.165, 1.54) is 0 Å². The smallest absolute Gasteiger partial charge is 0.314 e. The first-order chi connectivity index (χ1) is 7.67. The third kappa shape index (κ3) is 2.05. The molecule has 0 aliphatic carbocycles. The monoisotopic (exact) mass is 242 g/mol. The highest BCUT2D eigenvalue weighted by molar-refractivity contribution is 5.89. The van der Waals surface area contributed by atoms with Crippen LogP contribution >= 0.6 is 0 Å². The molecule has 1 fully saturated rings. The SMILES string of the molecule is CCOC(=O)[C@H]1C(C)(C)C(=O)O[C@@]1(C)C(C)C. The van der Waals surface area contributed by atoms with Gasteiger partial charge in [0.2, 0.25) is 0 Å². The van der Waals surface area contributed by atoms with Gasteiger partial charge in [0.25, 0.3) is 0 Å². The van der Waals surface area contributed by atoms with Crippen molar-refractivity contribution in [3.8, 4) is 0 Å². The number of carbonyl (C=O) groups excluding carboxylic acids is 2. The lowest BCUT2D eigenvalue weighted by Gasteiger charge is -2.34. The minimum absolute atomic E-state index is 0.0580. The summed E-state index contributed by atoms with van der Waals surface area (Å²) in [5.41, 5.74) is -1.61. The first kappa shape index (κ1) is 14.0. The van der Waals surface area contributed by atoms with Crippen molar-refractivity contribution in [2.24, 2.45) is 17.3 Å². The molecule has 0 aromatic rings. The summed E-state index contributed by atoms with van der Waals surface area (Å²) >= 11 is 0. The zero-order valence-electron chi connectivity index (χ0n) is 11.5. The van der Waals surface area contributed by atoms with E-state index in [4.69, 9.17) is 9.47 Å². The number of hydrogen-bond acceptors (Lipinski definition) is 4. The lowest BCUT2D eigenvalue weighted by Crippen LogP contribution is -2.46. The Morgan fingerprint density at radius 2 is 1.94 bits per heavy atom. The Morgan fingerprint density at radius 3 is 2.35 bits per heavy atom. The molecule has 0 aromatic carbocycles. The van der Waals surface area contributed by atoms with Crippen LogP contribution in [0.1, 0.15) is 41.5 Å². The maximum atomic E-state index is 12.1. The molecule has 4 heteroatoms. The Hall–Kier alpha value is -1.06. The van der Waals surface area contributed by atoms with E-state index in [0.717, 1.165) is 0 Å². The van der Waals surface area contributed by atoms with Crippen LogP contribution in [0.3, 0.4) is 0 Å². The lowest BCUT2D eigenvalue weighted by atomic mass is 9.69. The molecule has 0 radical (unpaired) electrons. The van der Waals surface area contributed by atoms with Crippen LogP contribution in [0, 0.1) is 17.3 Å². The Labute approximate surface area is 103 Å². The fourth-order valence-electron chi connectivity index (χ4n) is 2.43. The van der Waals surface area contributed by atoms with Crippen LogP contribution < -0.4 is 0 Å². The Morgan fingerprint density at radius 1 is 1.41 bits per heavy atom. The van der Waals surface area contributed by atoms with Gasteiger partial charge in [0.15, 0.2) is 0 Å². The van der Waals surface area contributed by atoms with Crippen molar-refractivity contribution in [3.05, 3.63) is 0 Å². The van der Waals surface area contributed by atoms with Gasteiger partial charge in [-0.15, -0.1) is 0 Å². The number of esters is 2. The van der Waals surface area contributed by atoms with Crippen molar-refractivity contribution in [3.63, 3.8) is 0 Å². The summed E-state index contributed by atoms with van der Waals surface area (Å²) in [4.78, 5) is 24.0. The number of rotatable bonds is 3. The molecule has 17 heavy (non-hydrogen) atoms. The average molecular weight is 242 g/mol. The highest BCUT2D eigenvalue weighted by Gasteiger charge is 2.63. The van der Waals surface area contributed by atoms with Crippen LogP contribution in [0.2, 0.25) is 0 Å². The first-order valence-corrected chi connectivity index (χ1v) is 6.08. The molecule has 1 saturated heterocycles. The second-order valence-corrected chi connectivity index (χ2v) is 5.63. The summed E-state index contributed by atoms with van der Waals surface area (Å²) in [5.74, 6) is -1.17. The highest BCUT2D eigenvalue weighted by atomic mass is 16.6. The van der Waals surface area contributed by atoms with Gasteiger partial charge in [-0.1, -0.05) is 13.8 Å². The van der Waals surface area contributed by atoms with E-state index in [1.54, 1.807) is 20.8 Å². The Balaban J connectivity index is 3.17. The van der Waals surface area contributed by atoms with E-state index in [1.807, 2.05) is 20.8 Å². The van der Waals surface area contributed by atoms with Crippen LogP contribution in [-0.4, -0.2) is 24.1 Å². The van der Waals surface area contributed by atoms with Crippen molar-refractivity contribution >= 4 is 11.9 Å². The fourth-order valence-corrected chi connectivity index (χ4v) is 2.43. The van der Waals surface area contributed by atoms with Gasteiger partial charge in [0.1, 0.15) is 11.5 Å². The molecular formula is C13H22O4. The second-order valence-electron chi connectivity index (χ2n) is 5.63. The van der Waals surface area contributed by atoms with E-state index in [0.29, 0.717) is 6.61 Å². The van der Waals surface area contributed by atoms with E-state index < -0.39 is 16.9 Å². The van der Waals surface area contributed by atoms with Crippen molar-refractivity contribution < 1.29 is 19.1 Å². The molecule has 0 spiro atoms. The van der Waals surface area contributed by atoms with Gasteiger partial charge in [-0.3, -0.25) is 9.59 Å². The van der Waals surface area contributed by atoms with Gasteiger partial charge in [0.05, 0.1) is 12.0 Å². The van der Waals surface area contributed by atoms with E-state index >= 15 is 0 Å². The molecule has 0 bridgehead atoms. The average Bonchev–Trinajstić information content (AvgIpc) is 2.34. The van der Waals surface area contributed by atoms with E-state index in [-0.39, 0.29) is 17.9 Å². The lowest BCUT2D eigenvalue weighted by molar-refractivity contribution is -0.160. The van der Waals surface area contributed by atoms with Crippen molar-refractivity contribution in [2.75, 3.05) is 6.61 Å². The second kappa shape index (κ2) is 4.31. The third-order valence-corrected chi connectivity index (χ3v) is 3.80. The van der Waals surface area contributed by atoms with Gasteiger partial charge >= 0.3 is 11.9 Å². The van der Waals surface area contributed by atoms with E-state index in [9.17, 15) is 9.59 Å². The summed E-state index contributed by atoms with van der Waals surface area (Å²) in [5, 5.41) is 0. The quantitative estimate of drug-likeness (QED) is 0.712. The number of carbonyl (C=O) groups is 2. The minimum Gasteiger partial charge on any atom is -0.466 e. The summed E-state index contributed by atoms with van der Waals surface area (Å²) in [6.07, 6.45) is 0. The molecule has 0 unspecified atom stereocenters. The standard InChI is InChI=1S/C13H22O4/c1-7-16-10(14)9-12(4,5)11(15)17-13(9,6)8(2)3/h8-9H,7H2,1-6H3/t9-,13-/m0/s1. The molecule has 0 aromatic heterocycles. The van der Waals surface area contributed by atoms with Gasteiger partial charge < -0.3 is 9.47 Å². The summed E-state index contributed by atoms with van der Waals surface area (Å²) < 4.78 is 10.6. The third-order valence-electron chi connectivity index (χ3n) is 3.80. The van der Waals surface area contributed by atoms with Gasteiger partial charge in [-0.25, -0.2) is 0 Å². The van der Waals surface area contributed by atoms with Crippen molar-refractivity contribution in [2.45, 2.75) is 47.1 Å². The summed E-state index contributed by atoms with van der Waals surface area (Å²) in [7, 11) is 0. The van der Waals surface area contributed by atoms with Crippen LogP contribution in [0.15, 0.2) is 0 Å². The summed E-state index contributed by atoms with van der Waals surface area (Å²) in [6.45, 7) is 11.3. The molecule has 0 N–H and O–H groups in total. The fraction of sp³-hybridized carbons (Fsp3) is 0.846. The normalized spacial score (nSPS) is 31.5.